The SMILES string of the molecule is C[C@H](Nc1ccccc1Cl)C1CCCCC1. The van der Waals surface area contributed by atoms with Crippen molar-refractivity contribution in [3.05, 3.63) is 29.3 Å². The van der Waals surface area contributed by atoms with Gasteiger partial charge in [0.2, 0.25) is 0 Å². The molecule has 1 aromatic rings. The first-order chi connectivity index (χ1) is 7.77. The van der Waals surface area contributed by atoms with Gasteiger partial charge in [0.15, 0.2) is 0 Å². The minimum Gasteiger partial charge on any atom is -0.381 e. The molecule has 1 atom stereocenters. The third kappa shape index (κ3) is 2.91. The van der Waals surface area contributed by atoms with Gasteiger partial charge in [-0.3, -0.25) is 0 Å². The van der Waals surface area contributed by atoms with Crippen LogP contribution < -0.4 is 5.32 Å². The first-order valence-electron chi connectivity index (χ1n) is 6.28. The zero-order valence-electron chi connectivity index (χ0n) is 9.88. The molecule has 0 aromatic heterocycles. The van der Waals surface area contributed by atoms with E-state index in [0.717, 1.165) is 16.6 Å². The molecule has 0 aliphatic heterocycles. The normalized spacial score (nSPS) is 19.4. The zero-order valence-corrected chi connectivity index (χ0v) is 10.6. The lowest BCUT2D eigenvalue weighted by Gasteiger charge is -2.29. The van der Waals surface area contributed by atoms with Crippen molar-refractivity contribution in [3.8, 4) is 0 Å². The maximum atomic E-state index is 6.14. The van der Waals surface area contributed by atoms with Crippen molar-refractivity contribution in [2.75, 3.05) is 5.32 Å². The lowest BCUT2D eigenvalue weighted by Crippen LogP contribution is -2.27. The highest BCUT2D eigenvalue weighted by Crippen LogP contribution is 2.29. The van der Waals surface area contributed by atoms with Gasteiger partial charge in [0.05, 0.1) is 10.7 Å². The second-order valence-corrected chi connectivity index (χ2v) is 5.22. The summed E-state index contributed by atoms with van der Waals surface area (Å²) in [5, 5.41) is 4.37. The third-order valence-corrected chi connectivity index (χ3v) is 3.94. The summed E-state index contributed by atoms with van der Waals surface area (Å²) in [4.78, 5) is 0. The van der Waals surface area contributed by atoms with Crippen LogP contribution in [0.5, 0.6) is 0 Å². The van der Waals surface area contributed by atoms with Gasteiger partial charge in [-0.05, 0) is 37.8 Å². The molecule has 1 saturated carbocycles. The summed E-state index contributed by atoms with van der Waals surface area (Å²) in [6, 6.07) is 8.53. The summed E-state index contributed by atoms with van der Waals surface area (Å²) in [6.07, 6.45) is 6.91. The van der Waals surface area contributed by atoms with Crippen molar-refractivity contribution in [2.24, 2.45) is 5.92 Å². The molecule has 2 heteroatoms. The van der Waals surface area contributed by atoms with Crippen molar-refractivity contribution >= 4 is 17.3 Å². The van der Waals surface area contributed by atoms with Gasteiger partial charge in [-0.15, -0.1) is 0 Å². The molecule has 0 spiro atoms. The number of hydrogen-bond donors (Lipinski definition) is 1. The van der Waals surface area contributed by atoms with E-state index in [1.54, 1.807) is 0 Å². The molecule has 0 unspecified atom stereocenters. The summed E-state index contributed by atoms with van der Waals surface area (Å²) in [5.74, 6) is 0.810. The number of hydrogen-bond acceptors (Lipinski definition) is 1. The quantitative estimate of drug-likeness (QED) is 0.802. The molecule has 0 radical (unpaired) electrons. The van der Waals surface area contributed by atoms with Gasteiger partial charge in [0.1, 0.15) is 0 Å². The second-order valence-electron chi connectivity index (χ2n) is 4.81. The number of nitrogens with one attached hydrogen (secondary N) is 1. The number of halogens is 1. The molecule has 0 heterocycles. The molecular weight excluding hydrogens is 218 g/mol. The standard InChI is InChI=1S/C14H20ClN/c1-11(12-7-3-2-4-8-12)16-14-10-6-5-9-13(14)15/h5-6,9-12,16H,2-4,7-8H2,1H3/t11-/m0/s1. The van der Waals surface area contributed by atoms with Crippen LogP contribution in [0.4, 0.5) is 5.69 Å². The average Bonchev–Trinajstić information content (AvgIpc) is 2.33. The Morgan fingerprint density at radius 1 is 1.19 bits per heavy atom. The summed E-state index contributed by atoms with van der Waals surface area (Å²) < 4.78 is 0. The topological polar surface area (TPSA) is 12.0 Å². The molecule has 1 nitrogen and oxygen atoms in total. The average molecular weight is 238 g/mol. The van der Waals surface area contributed by atoms with E-state index in [-0.39, 0.29) is 0 Å². The fourth-order valence-corrected chi connectivity index (χ4v) is 2.77. The summed E-state index contributed by atoms with van der Waals surface area (Å²) in [5.41, 5.74) is 1.07. The molecule has 1 aromatic carbocycles. The van der Waals surface area contributed by atoms with Gasteiger partial charge in [-0.2, -0.15) is 0 Å². The van der Waals surface area contributed by atoms with E-state index in [9.17, 15) is 0 Å². The van der Waals surface area contributed by atoms with Crippen LogP contribution in [0.2, 0.25) is 5.02 Å². The number of anilines is 1. The van der Waals surface area contributed by atoms with Crippen LogP contribution in [-0.4, -0.2) is 6.04 Å². The fourth-order valence-electron chi connectivity index (χ4n) is 2.58. The largest absolute Gasteiger partial charge is 0.381 e. The molecule has 16 heavy (non-hydrogen) atoms. The van der Waals surface area contributed by atoms with Crippen LogP contribution in [0, 0.1) is 5.92 Å². The van der Waals surface area contributed by atoms with Crippen molar-refractivity contribution in [1.29, 1.82) is 0 Å². The monoisotopic (exact) mass is 237 g/mol. The molecule has 1 aliphatic rings. The van der Waals surface area contributed by atoms with E-state index in [1.165, 1.54) is 32.1 Å². The Kier molecular flexibility index (Phi) is 4.11. The molecule has 88 valence electrons. The van der Waals surface area contributed by atoms with Gasteiger partial charge in [0.25, 0.3) is 0 Å². The van der Waals surface area contributed by atoms with Crippen molar-refractivity contribution in [3.63, 3.8) is 0 Å². The predicted octanol–water partition coefficient (Wildman–Crippen LogP) is 4.72. The van der Waals surface area contributed by atoms with E-state index >= 15 is 0 Å². The van der Waals surface area contributed by atoms with Crippen molar-refractivity contribution in [2.45, 2.75) is 45.1 Å². The smallest absolute Gasteiger partial charge is 0.0637 e. The number of rotatable bonds is 3. The van der Waals surface area contributed by atoms with E-state index in [2.05, 4.69) is 18.3 Å². The molecule has 1 aliphatic carbocycles. The molecule has 2 rings (SSSR count). The Labute approximate surface area is 103 Å². The zero-order chi connectivity index (χ0) is 11.4. The van der Waals surface area contributed by atoms with Crippen LogP contribution in [0.15, 0.2) is 24.3 Å². The first kappa shape index (κ1) is 11.8. The second kappa shape index (κ2) is 5.58. The van der Waals surface area contributed by atoms with E-state index in [1.807, 2.05) is 18.2 Å². The van der Waals surface area contributed by atoms with Crippen LogP contribution >= 0.6 is 11.6 Å². The van der Waals surface area contributed by atoms with E-state index < -0.39 is 0 Å². The summed E-state index contributed by atoms with van der Waals surface area (Å²) in [6.45, 7) is 2.28. The Balaban J connectivity index is 1.96. The van der Waals surface area contributed by atoms with Crippen LogP contribution in [-0.2, 0) is 0 Å². The highest BCUT2D eigenvalue weighted by Gasteiger charge is 2.20. The summed E-state index contributed by atoms with van der Waals surface area (Å²) in [7, 11) is 0. The Bertz CT molecular complexity index is 331. The highest BCUT2D eigenvalue weighted by molar-refractivity contribution is 6.33. The van der Waals surface area contributed by atoms with Gasteiger partial charge < -0.3 is 5.32 Å². The van der Waals surface area contributed by atoms with E-state index in [0.29, 0.717) is 6.04 Å². The Morgan fingerprint density at radius 2 is 1.88 bits per heavy atom. The molecular formula is C14H20ClN. The lowest BCUT2D eigenvalue weighted by molar-refractivity contribution is 0.328. The van der Waals surface area contributed by atoms with Crippen molar-refractivity contribution < 1.29 is 0 Å². The summed E-state index contributed by atoms with van der Waals surface area (Å²) >= 11 is 6.14. The molecule has 0 amide bonds. The minimum atomic E-state index is 0.528. The molecule has 0 bridgehead atoms. The van der Waals surface area contributed by atoms with Crippen LogP contribution in [0.1, 0.15) is 39.0 Å². The number of para-hydroxylation sites is 1. The predicted molar refractivity (Wildman–Crippen MR) is 71.1 cm³/mol. The molecule has 1 fully saturated rings. The maximum absolute atomic E-state index is 6.14. The van der Waals surface area contributed by atoms with Gasteiger partial charge in [0, 0.05) is 6.04 Å². The number of benzene rings is 1. The lowest BCUT2D eigenvalue weighted by atomic mass is 9.84. The highest BCUT2D eigenvalue weighted by atomic mass is 35.5. The Hall–Kier alpha value is -0.690. The fraction of sp³-hybridized carbons (Fsp3) is 0.571. The molecule has 0 saturated heterocycles. The third-order valence-electron chi connectivity index (χ3n) is 3.61. The van der Waals surface area contributed by atoms with Gasteiger partial charge >= 0.3 is 0 Å². The minimum absolute atomic E-state index is 0.528. The van der Waals surface area contributed by atoms with Crippen molar-refractivity contribution in [1.82, 2.24) is 0 Å². The van der Waals surface area contributed by atoms with Crippen LogP contribution in [0.3, 0.4) is 0 Å². The Morgan fingerprint density at radius 3 is 2.56 bits per heavy atom. The maximum Gasteiger partial charge on any atom is 0.0637 e. The van der Waals surface area contributed by atoms with Gasteiger partial charge in [-0.25, -0.2) is 0 Å². The van der Waals surface area contributed by atoms with E-state index in [4.69, 9.17) is 11.6 Å². The first-order valence-corrected chi connectivity index (χ1v) is 6.66. The van der Waals surface area contributed by atoms with Gasteiger partial charge in [-0.1, -0.05) is 43.0 Å². The van der Waals surface area contributed by atoms with Crippen LogP contribution in [0.25, 0.3) is 0 Å². The molecule has 1 N–H and O–H groups in total.